The van der Waals surface area contributed by atoms with Crippen LogP contribution in [0.2, 0.25) is 0 Å². The Morgan fingerprint density at radius 1 is 0.644 bits per heavy atom. The van der Waals surface area contributed by atoms with Gasteiger partial charge in [0.05, 0.1) is 0 Å². The summed E-state index contributed by atoms with van der Waals surface area (Å²) >= 11 is 1.62. The smallest absolute Gasteiger partial charge is 0.279 e. The summed E-state index contributed by atoms with van der Waals surface area (Å²) in [6.45, 7) is 2.04. The highest BCUT2D eigenvalue weighted by Gasteiger charge is 2.52. The zero-order valence-corrected chi connectivity index (χ0v) is 26.5. The number of nitrogens with zero attached hydrogens (tertiary/aromatic N) is 1. The molecule has 226 valence electrons. The van der Waals surface area contributed by atoms with Crippen molar-refractivity contribution in [3.05, 3.63) is 157 Å². The number of anilines is 1. The third kappa shape index (κ3) is 7.71. The van der Waals surface area contributed by atoms with Crippen molar-refractivity contribution in [2.45, 2.75) is 6.92 Å². The number of nitrogens with one attached hydrogen (secondary N) is 1. The monoisotopic (exact) mass is 654 g/mol. The highest BCUT2D eigenvalue weighted by atomic mass is 35.7. The molecule has 0 bridgehead atoms. The minimum absolute atomic E-state index is 0.204. The minimum Gasteiger partial charge on any atom is -0.320 e. The van der Waals surface area contributed by atoms with Crippen molar-refractivity contribution in [3.8, 4) is 10.6 Å². The van der Waals surface area contributed by atoms with Crippen LogP contribution in [0.3, 0.4) is 0 Å². The Hall–Kier alpha value is -4.24. The maximum Gasteiger partial charge on any atom is 0.279 e. The molecule has 0 aliphatic carbocycles. The number of benzene rings is 5. The molecule has 1 heterocycles. The van der Waals surface area contributed by atoms with Crippen LogP contribution in [0.5, 0.6) is 0 Å². The van der Waals surface area contributed by atoms with Crippen LogP contribution in [0.25, 0.3) is 10.6 Å². The predicted octanol–water partition coefficient (Wildman–Crippen LogP) is 2.23. The summed E-state index contributed by atoms with van der Waals surface area (Å²) in [6, 6.07) is 49.8. The van der Waals surface area contributed by atoms with Gasteiger partial charge in [-0.25, -0.2) is 23.6 Å². The van der Waals surface area contributed by atoms with Gasteiger partial charge in [0, 0.05) is 11.3 Å². The number of aryl methyl sites for hydroxylation is 1. The van der Waals surface area contributed by atoms with E-state index in [2.05, 4.69) is 90.2 Å². The predicted molar refractivity (Wildman–Crippen MR) is 171 cm³/mol. The Labute approximate surface area is 268 Å². The zero-order valence-electron chi connectivity index (χ0n) is 24.1. The van der Waals surface area contributed by atoms with Crippen molar-refractivity contribution in [1.82, 2.24) is 4.98 Å². The van der Waals surface area contributed by atoms with Crippen molar-refractivity contribution >= 4 is 50.7 Å². The van der Waals surface area contributed by atoms with Gasteiger partial charge in [0.15, 0.2) is 17.6 Å². The summed E-state index contributed by atoms with van der Waals surface area (Å²) in [5, 5.41) is 7.51. The summed E-state index contributed by atoms with van der Waals surface area (Å²) < 4.78 is 35.0. The minimum atomic E-state index is -4.94. The van der Waals surface area contributed by atoms with Crippen LogP contribution in [0, 0.1) is 17.2 Å². The molecule has 10 heteroatoms. The summed E-state index contributed by atoms with van der Waals surface area (Å²) in [5.74, 6) is -0.204. The molecule has 6 rings (SSSR count). The lowest BCUT2D eigenvalue weighted by atomic mass is 10.2. The Bertz CT molecular complexity index is 1730. The first kappa shape index (κ1) is 32.2. The Morgan fingerprint density at radius 2 is 1.04 bits per heavy atom. The first-order valence-electron chi connectivity index (χ1n) is 13.8. The van der Waals surface area contributed by atoms with E-state index in [1.165, 1.54) is 15.9 Å². The van der Waals surface area contributed by atoms with E-state index in [0.717, 1.165) is 26.4 Å². The van der Waals surface area contributed by atoms with E-state index < -0.39 is 17.5 Å². The molecule has 0 aliphatic heterocycles. The second-order valence-electron chi connectivity index (χ2n) is 9.91. The molecule has 6 aromatic rings. The summed E-state index contributed by atoms with van der Waals surface area (Å²) in [5.41, 5.74) is 3.35. The van der Waals surface area contributed by atoms with Crippen molar-refractivity contribution in [3.63, 3.8) is 0 Å². The third-order valence-corrected chi connectivity index (χ3v) is 12.9. The molecule has 7 nitrogen and oxygen atoms in total. The van der Waals surface area contributed by atoms with E-state index in [9.17, 15) is 4.79 Å². The van der Waals surface area contributed by atoms with Gasteiger partial charge >= 0.3 is 0 Å². The number of hydrogen-bond acceptors (Lipinski definition) is 7. The van der Waals surface area contributed by atoms with Crippen LogP contribution in [-0.2, 0) is 0 Å². The van der Waals surface area contributed by atoms with Gasteiger partial charge in [0.1, 0.15) is 20.9 Å². The molecule has 0 fully saturated rings. The Kier molecular flexibility index (Phi) is 10.2. The van der Waals surface area contributed by atoms with Gasteiger partial charge in [-0.3, -0.25) is 4.79 Å². The number of amides is 1. The first-order chi connectivity index (χ1) is 21.7. The maximum absolute atomic E-state index is 14.2. The quantitative estimate of drug-likeness (QED) is 0.263. The zero-order chi connectivity index (χ0) is 31.9. The van der Waals surface area contributed by atoms with Gasteiger partial charge in [-0.2, -0.15) is 0 Å². The fourth-order valence-electron chi connectivity index (χ4n) is 4.97. The lowest BCUT2D eigenvalue weighted by Crippen LogP contribution is -2.68. The van der Waals surface area contributed by atoms with E-state index in [-0.39, 0.29) is 5.91 Å². The lowest BCUT2D eigenvalue weighted by molar-refractivity contribution is -2.00. The number of aromatic nitrogens is 1. The topological polar surface area (TPSA) is 134 Å². The van der Waals surface area contributed by atoms with Crippen LogP contribution in [0.15, 0.2) is 146 Å². The van der Waals surface area contributed by atoms with Gasteiger partial charge in [-0.05, 0) is 55.5 Å². The maximum atomic E-state index is 14.2. The van der Waals surface area contributed by atoms with Gasteiger partial charge in [0.2, 0.25) is 0 Å². The highest BCUT2D eigenvalue weighted by molar-refractivity contribution is 8.04. The van der Waals surface area contributed by atoms with E-state index in [1.54, 1.807) is 11.3 Å². The first-order valence-corrected chi connectivity index (χ1v) is 17.6. The lowest BCUT2D eigenvalue weighted by Gasteiger charge is -2.26. The molecule has 0 spiro atoms. The summed E-state index contributed by atoms with van der Waals surface area (Å²) in [6.07, 6.45) is 0. The second-order valence-corrected chi connectivity index (χ2v) is 15.3. The van der Waals surface area contributed by atoms with Crippen LogP contribution < -0.4 is 44.5 Å². The van der Waals surface area contributed by atoms with Gasteiger partial charge in [-0.1, -0.05) is 114 Å². The number of halogens is 1. The van der Waals surface area contributed by atoms with Crippen molar-refractivity contribution < 1.29 is 33.7 Å². The average Bonchev–Trinajstić information content (AvgIpc) is 3.50. The number of thiazole rings is 1. The highest BCUT2D eigenvalue weighted by Crippen LogP contribution is 2.56. The average molecular weight is 655 g/mol. The van der Waals surface area contributed by atoms with E-state index >= 15 is 0 Å². The molecule has 1 N–H and O–H groups in total. The van der Waals surface area contributed by atoms with E-state index in [4.69, 9.17) is 23.6 Å². The normalized spacial score (nSPS) is 11.3. The number of hydrogen-bond donors (Lipinski definition) is 1. The number of carbonyl (C=O) groups is 1. The summed E-state index contributed by atoms with van der Waals surface area (Å²) in [7, 11) is -7.46. The van der Waals surface area contributed by atoms with Crippen LogP contribution in [0.1, 0.15) is 16.1 Å². The largest absolute Gasteiger partial charge is 0.320 e. The molecule has 0 saturated heterocycles. The third-order valence-electron chi connectivity index (χ3n) is 6.89. The molecule has 0 unspecified atom stereocenters. The molecule has 0 aliphatic rings. The van der Waals surface area contributed by atoms with Crippen LogP contribution >= 0.6 is 18.6 Å². The molecule has 1 aromatic heterocycles. The van der Waals surface area contributed by atoms with Crippen molar-refractivity contribution in [1.29, 1.82) is 0 Å². The SMILES string of the molecule is Cc1ccc(NC(=O)c2nc(-c3ccccc3)sc2[P+](c2ccccc2)(c2ccccc2)c2ccccc2)cc1.[O-][Cl+3]([O-])([O-])[O-]. The van der Waals surface area contributed by atoms with Crippen molar-refractivity contribution in [2.24, 2.45) is 0 Å². The van der Waals surface area contributed by atoms with Gasteiger partial charge in [0.25, 0.3) is 5.91 Å². The van der Waals surface area contributed by atoms with E-state index in [0.29, 0.717) is 5.69 Å². The Morgan fingerprint density at radius 3 is 1.47 bits per heavy atom. The fourth-order valence-corrected chi connectivity index (χ4v) is 11.5. The summed E-state index contributed by atoms with van der Waals surface area (Å²) in [4.78, 5) is 19.2. The Balaban J connectivity index is 0.000000743. The number of carbonyl (C=O) groups excluding carboxylic acids is 1. The van der Waals surface area contributed by atoms with Crippen LogP contribution in [-0.4, -0.2) is 10.9 Å². The standard InChI is InChI=1S/C35H27N2OPS.ClHO4/c1-26-22-24-28(25-23-26)36-33(38)32-35(40-34(37-32)27-14-6-2-7-15-27)39(29-16-8-3-9-17-29,30-18-10-4-11-19-30)31-20-12-5-13-21-31;2-1(3,4)5/h2-25H,1H3;(H,2,3,4,5). The van der Waals surface area contributed by atoms with E-state index in [1.807, 2.05) is 67.6 Å². The van der Waals surface area contributed by atoms with Crippen LogP contribution in [0.4, 0.5) is 5.69 Å². The molecule has 1 amide bonds. The molecule has 0 radical (unpaired) electrons. The number of rotatable bonds is 7. The molecule has 0 saturated carbocycles. The molecular weight excluding hydrogens is 627 g/mol. The molecular formula is C35H28ClN2O5PS. The van der Waals surface area contributed by atoms with Gasteiger partial charge in [-0.15, -0.1) is 10.2 Å². The van der Waals surface area contributed by atoms with Gasteiger partial charge < -0.3 is 5.32 Å². The van der Waals surface area contributed by atoms with Crippen molar-refractivity contribution in [2.75, 3.05) is 5.32 Å². The second kappa shape index (κ2) is 14.2. The molecule has 0 atom stereocenters. The fraction of sp³-hybridized carbons (Fsp3) is 0.0286. The molecule has 5 aromatic carbocycles. The molecule has 45 heavy (non-hydrogen) atoms.